The van der Waals surface area contributed by atoms with E-state index < -0.39 is 33.7 Å². The van der Waals surface area contributed by atoms with Crippen LogP contribution in [0.25, 0.3) is 11.1 Å². The molecule has 2 amide bonds. The summed E-state index contributed by atoms with van der Waals surface area (Å²) in [4.78, 5) is 31.1. The third-order valence-electron chi connectivity index (χ3n) is 6.37. The Hall–Kier alpha value is -3.96. The lowest BCUT2D eigenvalue weighted by Gasteiger charge is -2.29. The Morgan fingerprint density at radius 3 is 2.32 bits per heavy atom. The topological polar surface area (TPSA) is 135 Å². The van der Waals surface area contributed by atoms with Gasteiger partial charge in [0.1, 0.15) is 11.4 Å². The van der Waals surface area contributed by atoms with E-state index in [9.17, 15) is 23.1 Å². The van der Waals surface area contributed by atoms with Crippen molar-refractivity contribution < 1.29 is 32.6 Å². The van der Waals surface area contributed by atoms with Gasteiger partial charge in [0, 0.05) is 24.5 Å². The van der Waals surface area contributed by atoms with Gasteiger partial charge in [0.05, 0.1) is 31.1 Å². The Balaban J connectivity index is 1.71. The first-order valence-corrected chi connectivity index (χ1v) is 16.4. The highest BCUT2D eigenvalue weighted by molar-refractivity contribution is 7.89. The van der Waals surface area contributed by atoms with Crippen LogP contribution < -0.4 is 9.46 Å². The molecule has 0 aliphatic carbocycles. The van der Waals surface area contributed by atoms with E-state index in [4.69, 9.17) is 9.47 Å². The maximum absolute atomic E-state index is 12.9. The van der Waals surface area contributed by atoms with Crippen LogP contribution in [0.3, 0.4) is 0 Å². The fourth-order valence-corrected chi connectivity index (χ4v) is 4.74. The van der Waals surface area contributed by atoms with Crippen LogP contribution in [0.4, 0.5) is 4.79 Å². The molecule has 0 unspecified atom stereocenters. The van der Waals surface area contributed by atoms with Crippen LogP contribution in [-0.2, 0) is 21.2 Å². The van der Waals surface area contributed by atoms with Crippen molar-refractivity contribution in [2.45, 2.75) is 59.2 Å². The number of aliphatic hydroxyl groups excluding tert-OH is 1. The van der Waals surface area contributed by atoms with Gasteiger partial charge in [0.15, 0.2) is 0 Å². The predicted molar refractivity (Wildman–Crippen MR) is 170 cm³/mol. The minimum atomic E-state index is -3.73. The summed E-state index contributed by atoms with van der Waals surface area (Å²) in [5.41, 5.74) is 2.86. The molecular formula is C33H43N3O7S. The minimum Gasteiger partial charge on any atom is -0.492 e. The monoisotopic (exact) mass is 625 g/mol. The third-order valence-corrected chi connectivity index (χ3v) is 6.93. The van der Waals surface area contributed by atoms with Crippen LogP contribution in [0.2, 0.25) is 0 Å². The maximum atomic E-state index is 12.9. The molecule has 0 spiro atoms. The predicted octanol–water partition coefficient (Wildman–Crippen LogP) is 5.38. The molecule has 0 aliphatic rings. The average Bonchev–Trinajstić information content (AvgIpc) is 2.94. The molecule has 10 nitrogen and oxygen atoms in total. The number of amides is 2. The molecule has 0 bridgehead atoms. The Morgan fingerprint density at radius 1 is 1.05 bits per heavy atom. The molecule has 0 radical (unpaired) electrons. The summed E-state index contributed by atoms with van der Waals surface area (Å²) in [6.45, 7) is 10.2. The molecule has 1 heterocycles. The Morgan fingerprint density at radius 2 is 1.73 bits per heavy atom. The molecule has 1 atom stereocenters. The van der Waals surface area contributed by atoms with E-state index in [0.717, 1.165) is 22.9 Å². The number of rotatable bonds is 13. The van der Waals surface area contributed by atoms with Crippen molar-refractivity contribution >= 4 is 22.0 Å². The van der Waals surface area contributed by atoms with Crippen molar-refractivity contribution in [3.05, 3.63) is 83.7 Å². The number of hydrogen-bond acceptors (Lipinski definition) is 8. The molecule has 3 rings (SSSR count). The van der Waals surface area contributed by atoms with Crippen LogP contribution in [0.1, 0.15) is 68.6 Å². The fraction of sp³-hybridized carbons (Fsp3) is 0.424. The zero-order chi connectivity index (χ0) is 32.5. The first kappa shape index (κ1) is 34.5. The van der Waals surface area contributed by atoms with Crippen LogP contribution in [0.5, 0.6) is 5.75 Å². The number of aliphatic hydroxyl groups is 1. The van der Waals surface area contributed by atoms with E-state index >= 15 is 0 Å². The zero-order valence-electron chi connectivity index (χ0n) is 26.2. The van der Waals surface area contributed by atoms with Crippen LogP contribution in [-0.4, -0.2) is 67.0 Å². The van der Waals surface area contributed by atoms with E-state index in [1.165, 1.54) is 4.90 Å². The van der Waals surface area contributed by atoms with Gasteiger partial charge in [-0.15, -0.1) is 0 Å². The molecule has 238 valence electrons. The minimum absolute atomic E-state index is 0.0823. The highest BCUT2D eigenvalue weighted by Gasteiger charge is 2.24. The number of nitrogens with zero attached hydrogens (tertiary/aromatic N) is 2. The first-order chi connectivity index (χ1) is 20.6. The number of sulfonamides is 1. The summed E-state index contributed by atoms with van der Waals surface area (Å²) in [6, 6.07) is 16.5. The summed E-state index contributed by atoms with van der Waals surface area (Å²) in [5, 5.41) is 10.7. The molecule has 0 aliphatic heterocycles. The van der Waals surface area contributed by atoms with E-state index in [1.807, 2.05) is 42.8 Å². The number of carbonyl (C=O) groups excluding carboxylic acids is 2. The van der Waals surface area contributed by atoms with Crippen LogP contribution >= 0.6 is 0 Å². The number of aromatic nitrogens is 1. The largest absolute Gasteiger partial charge is 0.492 e. The lowest BCUT2D eigenvalue weighted by Crippen LogP contribution is -2.40. The van der Waals surface area contributed by atoms with E-state index in [2.05, 4.69) is 4.98 Å². The summed E-state index contributed by atoms with van der Waals surface area (Å²) in [7, 11) is -3.73. The summed E-state index contributed by atoms with van der Waals surface area (Å²) >= 11 is 0. The molecule has 0 fully saturated rings. The number of hydrogen-bond donors (Lipinski definition) is 2. The molecule has 1 aromatic heterocycles. The summed E-state index contributed by atoms with van der Waals surface area (Å²) in [6.07, 6.45) is 4.09. The number of nitrogens with one attached hydrogen (secondary N) is 1. The third kappa shape index (κ3) is 11.3. The highest BCUT2D eigenvalue weighted by atomic mass is 32.2. The zero-order valence-corrected chi connectivity index (χ0v) is 27.1. The second kappa shape index (κ2) is 15.2. The van der Waals surface area contributed by atoms with Crippen molar-refractivity contribution in [2.75, 3.05) is 26.0 Å². The molecule has 44 heavy (non-hydrogen) atoms. The molecule has 0 saturated carbocycles. The summed E-state index contributed by atoms with van der Waals surface area (Å²) in [5.74, 6) is -0.243. The number of benzene rings is 2. The summed E-state index contributed by atoms with van der Waals surface area (Å²) < 4.78 is 36.7. The van der Waals surface area contributed by atoms with Crippen molar-refractivity contribution in [3.63, 3.8) is 0 Å². The molecular weight excluding hydrogens is 582 g/mol. The van der Waals surface area contributed by atoms with Gasteiger partial charge in [-0.3, -0.25) is 9.78 Å². The van der Waals surface area contributed by atoms with Gasteiger partial charge in [0.2, 0.25) is 10.0 Å². The average molecular weight is 626 g/mol. The van der Waals surface area contributed by atoms with Crippen LogP contribution in [0, 0.1) is 5.92 Å². The van der Waals surface area contributed by atoms with Gasteiger partial charge >= 0.3 is 6.09 Å². The van der Waals surface area contributed by atoms with Gasteiger partial charge in [-0.25, -0.2) is 17.9 Å². The van der Waals surface area contributed by atoms with E-state index in [-0.39, 0.29) is 18.0 Å². The number of carbonyl (C=O) groups is 2. The molecule has 3 aromatic rings. The normalized spacial score (nSPS) is 12.5. The SMILES string of the molecule is CC(C)COc1cc(-c2ccc(CCCN(C[C@H](O)c3cccnc3)C(=O)OC(C)(C)C)cc2)ccc1C(=O)NS(C)(=O)=O. The van der Waals surface area contributed by atoms with E-state index in [1.54, 1.807) is 63.5 Å². The smallest absolute Gasteiger partial charge is 0.410 e. The number of ether oxygens (including phenoxy) is 2. The number of pyridine rings is 1. The lowest BCUT2D eigenvalue weighted by atomic mass is 10.00. The molecule has 0 saturated heterocycles. The standard InChI is InChI=1S/C33H43N3O7S/c1-23(2)22-42-30-19-26(15-16-28(30)31(38)35-44(6,40)41)25-13-11-24(12-14-25)9-8-18-36(32(39)43-33(3,4)5)21-29(37)27-10-7-17-34-20-27/h7,10-17,19-20,23,29,37H,8-9,18,21-22H2,1-6H3,(H,35,38)/t29-/m0/s1. The van der Waals surface area contributed by atoms with Crippen molar-refractivity contribution in [3.8, 4) is 16.9 Å². The van der Waals surface area contributed by atoms with Crippen molar-refractivity contribution in [1.82, 2.24) is 14.6 Å². The lowest BCUT2D eigenvalue weighted by molar-refractivity contribution is 0.0141. The van der Waals surface area contributed by atoms with Gasteiger partial charge < -0.3 is 19.5 Å². The van der Waals surface area contributed by atoms with Crippen molar-refractivity contribution in [2.24, 2.45) is 5.92 Å². The quantitative estimate of drug-likeness (QED) is 0.259. The van der Waals surface area contributed by atoms with Gasteiger partial charge in [0.25, 0.3) is 5.91 Å². The van der Waals surface area contributed by atoms with Gasteiger partial charge in [-0.05, 0) is 74.4 Å². The Bertz CT molecular complexity index is 1500. The maximum Gasteiger partial charge on any atom is 0.410 e. The van der Waals surface area contributed by atoms with Crippen molar-refractivity contribution in [1.29, 1.82) is 0 Å². The van der Waals surface area contributed by atoms with Gasteiger partial charge in [-0.1, -0.05) is 50.2 Å². The Labute approximate surface area is 260 Å². The highest BCUT2D eigenvalue weighted by Crippen LogP contribution is 2.29. The molecule has 2 aromatic carbocycles. The molecule has 11 heteroatoms. The second-order valence-corrected chi connectivity index (χ2v) is 13.9. The van der Waals surface area contributed by atoms with Gasteiger partial charge in [-0.2, -0.15) is 0 Å². The first-order valence-electron chi connectivity index (χ1n) is 14.6. The Kier molecular flexibility index (Phi) is 11.9. The molecule has 2 N–H and O–H groups in total. The van der Waals surface area contributed by atoms with E-state index in [0.29, 0.717) is 37.3 Å². The van der Waals surface area contributed by atoms with Crippen LogP contribution in [0.15, 0.2) is 67.0 Å². The fourth-order valence-electron chi connectivity index (χ4n) is 4.30. The number of aryl methyl sites for hydroxylation is 1. The second-order valence-electron chi connectivity index (χ2n) is 12.1.